The maximum atomic E-state index is 12.4. The molecule has 0 saturated carbocycles. The van der Waals surface area contributed by atoms with E-state index in [4.69, 9.17) is 8.83 Å². The minimum absolute atomic E-state index is 0.278. The van der Waals surface area contributed by atoms with Crippen molar-refractivity contribution in [1.82, 2.24) is 0 Å². The monoisotopic (exact) mass is 318 g/mol. The van der Waals surface area contributed by atoms with Gasteiger partial charge in [0.25, 0.3) is 0 Å². The Morgan fingerprint density at radius 1 is 0.833 bits per heavy atom. The van der Waals surface area contributed by atoms with Gasteiger partial charge in [0.05, 0.1) is 5.39 Å². The second-order valence-corrected chi connectivity index (χ2v) is 5.85. The Kier molecular flexibility index (Phi) is 3.31. The van der Waals surface area contributed by atoms with E-state index in [0.29, 0.717) is 23.0 Å². The fraction of sp³-hybridized carbons (Fsp3) is 0.100. The van der Waals surface area contributed by atoms with Gasteiger partial charge in [-0.15, -0.1) is 0 Å². The van der Waals surface area contributed by atoms with E-state index < -0.39 is 11.3 Å². The van der Waals surface area contributed by atoms with Crippen LogP contribution in [0.25, 0.3) is 21.9 Å². The summed E-state index contributed by atoms with van der Waals surface area (Å²) in [6.07, 6.45) is 0.409. The van der Waals surface area contributed by atoms with E-state index in [0.717, 1.165) is 11.1 Å². The summed E-state index contributed by atoms with van der Waals surface area (Å²) < 4.78 is 10.8. The predicted octanol–water partition coefficient (Wildman–Crippen LogP) is 3.80. The number of para-hydroxylation sites is 1. The second kappa shape index (κ2) is 5.49. The number of fused-ring (bicyclic) bond motifs is 3. The topological polar surface area (TPSA) is 60.4 Å². The molecular formula is C20H14O4. The van der Waals surface area contributed by atoms with E-state index in [2.05, 4.69) is 0 Å². The summed E-state index contributed by atoms with van der Waals surface area (Å²) in [4.78, 5) is 24.6. The third-order valence-corrected chi connectivity index (χ3v) is 4.05. The molecular weight excluding hydrogens is 304 g/mol. The standard InChI is InChI=1S/C20H14O4/c1-12-5-4-6-13(9-12)10-14-11-16-18(24-19(14)21)15-7-2-3-8-17(15)23-20(16)22/h2-9,11H,10H2,1H3. The molecule has 0 atom stereocenters. The van der Waals surface area contributed by atoms with Crippen molar-refractivity contribution in [2.24, 2.45) is 0 Å². The molecule has 2 aromatic heterocycles. The van der Waals surface area contributed by atoms with Crippen molar-refractivity contribution in [3.8, 4) is 0 Å². The number of hydrogen-bond donors (Lipinski definition) is 0. The highest BCUT2D eigenvalue weighted by Crippen LogP contribution is 2.22. The lowest BCUT2D eigenvalue weighted by Gasteiger charge is -2.05. The van der Waals surface area contributed by atoms with E-state index in [9.17, 15) is 9.59 Å². The molecule has 0 unspecified atom stereocenters. The maximum Gasteiger partial charge on any atom is 0.347 e. The number of benzene rings is 2. The summed E-state index contributed by atoms with van der Waals surface area (Å²) in [5.41, 5.74) is 2.30. The van der Waals surface area contributed by atoms with Crippen LogP contribution in [0.2, 0.25) is 0 Å². The fourth-order valence-electron chi connectivity index (χ4n) is 2.93. The minimum Gasteiger partial charge on any atom is -0.422 e. The van der Waals surface area contributed by atoms with Gasteiger partial charge in [-0.05, 0) is 30.7 Å². The maximum absolute atomic E-state index is 12.4. The van der Waals surface area contributed by atoms with Crippen molar-refractivity contribution >= 4 is 21.9 Å². The van der Waals surface area contributed by atoms with Gasteiger partial charge in [0.2, 0.25) is 0 Å². The molecule has 0 radical (unpaired) electrons. The third kappa shape index (κ3) is 2.42. The normalized spacial score (nSPS) is 11.2. The van der Waals surface area contributed by atoms with Gasteiger partial charge >= 0.3 is 11.3 Å². The Morgan fingerprint density at radius 3 is 2.50 bits per heavy atom. The highest BCUT2D eigenvalue weighted by Gasteiger charge is 2.13. The highest BCUT2D eigenvalue weighted by atomic mass is 16.4. The molecule has 0 spiro atoms. The SMILES string of the molecule is Cc1cccc(Cc2cc3c(=O)oc4ccccc4c3oc2=O)c1. The van der Waals surface area contributed by atoms with Gasteiger partial charge in [0.1, 0.15) is 11.0 Å². The molecule has 4 heteroatoms. The highest BCUT2D eigenvalue weighted by molar-refractivity contribution is 6.00. The molecule has 2 aromatic carbocycles. The van der Waals surface area contributed by atoms with Crippen molar-refractivity contribution < 1.29 is 8.83 Å². The molecule has 4 aromatic rings. The van der Waals surface area contributed by atoms with E-state index in [1.54, 1.807) is 24.3 Å². The first-order valence-electron chi connectivity index (χ1n) is 7.66. The zero-order valence-electron chi connectivity index (χ0n) is 13.0. The van der Waals surface area contributed by atoms with E-state index in [1.807, 2.05) is 37.3 Å². The van der Waals surface area contributed by atoms with Gasteiger partial charge in [-0.3, -0.25) is 0 Å². The lowest BCUT2D eigenvalue weighted by molar-refractivity contribution is 0.537. The van der Waals surface area contributed by atoms with Crippen LogP contribution >= 0.6 is 0 Å². The third-order valence-electron chi connectivity index (χ3n) is 4.05. The molecule has 0 N–H and O–H groups in total. The molecule has 118 valence electrons. The van der Waals surface area contributed by atoms with Crippen molar-refractivity contribution in [3.05, 3.63) is 92.1 Å². The molecule has 0 fully saturated rings. The molecule has 2 heterocycles. The van der Waals surface area contributed by atoms with Gasteiger partial charge < -0.3 is 8.83 Å². The van der Waals surface area contributed by atoms with Crippen LogP contribution < -0.4 is 11.3 Å². The van der Waals surface area contributed by atoms with Gasteiger partial charge in [0, 0.05) is 12.0 Å². The largest absolute Gasteiger partial charge is 0.422 e. The first-order valence-corrected chi connectivity index (χ1v) is 7.66. The molecule has 0 bridgehead atoms. The van der Waals surface area contributed by atoms with E-state index in [-0.39, 0.29) is 11.0 Å². The number of hydrogen-bond acceptors (Lipinski definition) is 4. The van der Waals surface area contributed by atoms with Crippen LogP contribution in [0.15, 0.2) is 73.0 Å². The Balaban J connectivity index is 1.94. The average molecular weight is 318 g/mol. The van der Waals surface area contributed by atoms with Crippen LogP contribution in [0.3, 0.4) is 0 Å². The molecule has 24 heavy (non-hydrogen) atoms. The summed E-state index contributed by atoms with van der Waals surface area (Å²) in [6.45, 7) is 1.99. The molecule has 0 aliphatic rings. The Bertz CT molecular complexity index is 1180. The summed E-state index contributed by atoms with van der Waals surface area (Å²) in [7, 11) is 0. The van der Waals surface area contributed by atoms with Crippen LogP contribution in [0.5, 0.6) is 0 Å². The molecule has 4 nitrogen and oxygen atoms in total. The Labute approximate surface area is 137 Å². The average Bonchev–Trinajstić information content (AvgIpc) is 2.56. The van der Waals surface area contributed by atoms with Crippen molar-refractivity contribution in [1.29, 1.82) is 0 Å². The number of aryl methyl sites for hydroxylation is 1. The second-order valence-electron chi connectivity index (χ2n) is 5.85. The van der Waals surface area contributed by atoms with Crippen LogP contribution in [0.1, 0.15) is 16.7 Å². The first-order chi connectivity index (χ1) is 11.6. The van der Waals surface area contributed by atoms with Crippen LogP contribution in [-0.4, -0.2) is 0 Å². The van der Waals surface area contributed by atoms with Crippen LogP contribution in [-0.2, 0) is 6.42 Å². The number of rotatable bonds is 2. The van der Waals surface area contributed by atoms with Gasteiger partial charge in [-0.2, -0.15) is 0 Å². The zero-order chi connectivity index (χ0) is 16.7. The summed E-state index contributed by atoms with van der Waals surface area (Å²) in [5.74, 6) is 0. The van der Waals surface area contributed by atoms with Gasteiger partial charge in [0.15, 0.2) is 5.58 Å². The molecule has 0 aliphatic heterocycles. The van der Waals surface area contributed by atoms with E-state index in [1.165, 1.54) is 0 Å². The summed E-state index contributed by atoms with van der Waals surface area (Å²) in [5, 5.41) is 0.905. The zero-order valence-corrected chi connectivity index (χ0v) is 13.0. The Morgan fingerprint density at radius 2 is 1.67 bits per heavy atom. The molecule has 0 saturated heterocycles. The van der Waals surface area contributed by atoms with E-state index >= 15 is 0 Å². The molecule has 4 rings (SSSR count). The quantitative estimate of drug-likeness (QED) is 0.417. The van der Waals surface area contributed by atoms with Crippen LogP contribution in [0.4, 0.5) is 0 Å². The van der Waals surface area contributed by atoms with Gasteiger partial charge in [-0.25, -0.2) is 9.59 Å². The summed E-state index contributed by atoms with van der Waals surface area (Å²) >= 11 is 0. The first kappa shape index (κ1) is 14.5. The van der Waals surface area contributed by atoms with Crippen molar-refractivity contribution in [3.63, 3.8) is 0 Å². The minimum atomic E-state index is -0.502. The lowest BCUT2D eigenvalue weighted by atomic mass is 10.0. The fourth-order valence-corrected chi connectivity index (χ4v) is 2.93. The molecule has 0 aliphatic carbocycles. The Hall–Kier alpha value is -3.14. The van der Waals surface area contributed by atoms with Crippen LogP contribution in [0, 0.1) is 6.92 Å². The predicted molar refractivity (Wildman–Crippen MR) is 92.5 cm³/mol. The van der Waals surface area contributed by atoms with Crippen molar-refractivity contribution in [2.75, 3.05) is 0 Å². The van der Waals surface area contributed by atoms with Crippen molar-refractivity contribution in [2.45, 2.75) is 13.3 Å². The summed E-state index contributed by atoms with van der Waals surface area (Å²) in [6, 6.07) is 16.5. The molecule has 0 amide bonds. The smallest absolute Gasteiger partial charge is 0.347 e. The van der Waals surface area contributed by atoms with Gasteiger partial charge in [-0.1, -0.05) is 42.0 Å². The lowest BCUT2D eigenvalue weighted by Crippen LogP contribution is -2.11.